The van der Waals surface area contributed by atoms with Gasteiger partial charge < -0.3 is 15.1 Å². The van der Waals surface area contributed by atoms with Crippen LogP contribution in [-0.4, -0.2) is 48.6 Å². The van der Waals surface area contributed by atoms with Crippen LogP contribution in [0.5, 0.6) is 0 Å². The Morgan fingerprint density at radius 2 is 1.88 bits per heavy atom. The highest BCUT2D eigenvalue weighted by molar-refractivity contribution is 6.30. The van der Waals surface area contributed by atoms with Crippen molar-refractivity contribution in [3.05, 3.63) is 59.2 Å². The Hall–Kier alpha value is -2.27. The molecular formula is C19H24ClN5. The Labute approximate surface area is 154 Å². The van der Waals surface area contributed by atoms with Gasteiger partial charge >= 0.3 is 0 Å². The number of aliphatic imine (C=N–C) groups is 1. The van der Waals surface area contributed by atoms with Crippen molar-refractivity contribution in [2.75, 3.05) is 37.6 Å². The fourth-order valence-electron chi connectivity index (χ4n) is 2.87. The van der Waals surface area contributed by atoms with Gasteiger partial charge in [-0.3, -0.25) is 0 Å². The van der Waals surface area contributed by atoms with E-state index in [2.05, 4.69) is 33.1 Å². The number of guanidine groups is 1. The number of hydrogen-bond acceptors (Lipinski definition) is 3. The van der Waals surface area contributed by atoms with E-state index in [1.54, 1.807) is 0 Å². The summed E-state index contributed by atoms with van der Waals surface area (Å²) in [6.45, 7) is 7.37. The van der Waals surface area contributed by atoms with E-state index in [0.717, 1.165) is 55.1 Å². The molecule has 2 aromatic rings. The molecule has 5 nitrogen and oxygen atoms in total. The maximum Gasteiger partial charge on any atom is 0.194 e. The molecule has 0 atom stereocenters. The molecule has 1 N–H and O–H groups in total. The van der Waals surface area contributed by atoms with Gasteiger partial charge in [0, 0.05) is 43.9 Å². The predicted octanol–water partition coefficient (Wildman–Crippen LogP) is 3.02. The maximum atomic E-state index is 5.94. The van der Waals surface area contributed by atoms with E-state index in [0.29, 0.717) is 6.54 Å². The maximum absolute atomic E-state index is 5.94. The number of aromatic nitrogens is 1. The number of hydrogen-bond donors (Lipinski definition) is 1. The lowest BCUT2D eigenvalue weighted by atomic mass is 10.2. The monoisotopic (exact) mass is 357 g/mol. The molecular weight excluding hydrogens is 334 g/mol. The van der Waals surface area contributed by atoms with E-state index in [4.69, 9.17) is 16.6 Å². The van der Waals surface area contributed by atoms with Crippen LogP contribution in [-0.2, 0) is 6.54 Å². The van der Waals surface area contributed by atoms with Gasteiger partial charge in [-0.05, 0) is 36.8 Å². The lowest BCUT2D eigenvalue weighted by Crippen LogP contribution is -2.52. The Morgan fingerprint density at radius 1 is 1.12 bits per heavy atom. The fourth-order valence-corrected chi connectivity index (χ4v) is 3.00. The minimum absolute atomic E-state index is 0.653. The highest BCUT2D eigenvalue weighted by atomic mass is 35.5. The molecule has 1 aliphatic rings. The van der Waals surface area contributed by atoms with Crippen LogP contribution in [0.4, 0.5) is 5.82 Å². The molecule has 132 valence electrons. The molecule has 25 heavy (non-hydrogen) atoms. The number of anilines is 1. The molecule has 1 fully saturated rings. The van der Waals surface area contributed by atoms with Crippen molar-refractivity contribution in [2.24, 2.45) is 4.99 Å². The van der Waals surface area contributed by atoms with E-state index in [9.17, 15) is 0 Å². The van der Waals surface area contributed by atoms with Gasteiger partial charge in [0.15, 0.2) is 5.96 Å². The smallest absolute Gasteiger partial charge is 0.194 e. The van der Waals surface area contributed by atoms with Gasteiger partial charge in [0.25, 0.3) is 0 Å². The van der Waals surface area contributed by atoms with Crippen LogP contribution in [0.15, 0.2) is 53.7 Å². The van der Waals surface area contributed by atoms with Crippen LogP contribution in [0.1, 0.15) is 12.5 Å². The molecule has 1 saturated heterocycles. The normalized spacial score (nSPS) is 15.4. The standard InChI is InChI=1S/C19H24ClN5/c1-2-21-19(23-15-16-6-8-17(20)9-7-16)25-13-11-24(12-14-25)18-5-3-4-10-22-18/h3-10H,2,11-15H2,1H3,(H,21,23). The number of halogens is 1. The van der Waals surface area contributed by atoms with Crippen molar-refractivity contribution in [2.45, 2.75) is 13.5 Å². The summed E-state index contributed by atoms with van der Waals surface area (Å²) >= 11 is 5.94. The van der Waals surface area contributed by atoms with Crippen LogP contribution >= 0.6 is 11.6 Å². The van der Waals surface area contributed by atoms with Crippen molar-refractivity contribution >= 4 is 23.4 Å². The summed E-state index contributed by atoms with van der Waals surface area (Å²) < 4.78 is 0. The highest BCUT2D eigenvalue weighted by Crippen LogP contribution is 2.13. The molecule has 0 saturated carbocycles. The summed E-state index contributed by atoms with van der Waals surface area (Å²) in [6, 6.07) is 13.9. The van der Waals surface area contributed by atoms with Crippen LogP contribution in [0.25, 0.3) is 0 Å². The minimum Gasteiger partial charge on any atom is -0.357 e. The summed E-state index contributed by atoms with van der Waals surface area (Å²) in [5.74, 6) is 2.02. The first-order valence-corrected chi connectivity index (χ1v) is 9.07. The van der Waals surface area contributed by atoms with E-state index >= 15 is 0 Å². The molecule has 0 spiro atoms. The van der Waals surface area contributed by atoms with Crippen LogP contribution < -0.4 is 10.2 Å². The zero-order valence-corrected chi connectivity index (χ0v) is 15.3. The number of benzene rings is 1. The highest BCUT2D eigenvalue weighted by Gasteiger charge is 2.20. The zero-order chi connectivity index (χ0) is 17.5. The van der Waals surface area contributed by atoms with E-state index in [1.807, 2.05) is 42.6 Å². The molecule has 0 bridgehead atoms. The largest absolute Gasteiger partial charge is 0.357 e. The van der Waals surface area contributed by atoms with Gasteiger partial charge in [-0.2, -0.15) is 0 Å². The number of nitrogens with one attached hydrogen (secondary N) is 1. The van der Waals surface area contributed by atoms with Crippen LogP contribution in [0.2, 0.25) is 5.02 Å². The topological polar surface area (TPSA) is 43.8 Å². The molecule has 0 radical (unpaired) electrons. The third kappa shape index (κ3) is 4.86. The molecule has 2 heterocycles. The first-order chi connectivity index (χ1) is 12.3. The van der Waals surface area contributed by atoms with Crippen LogP contribution in [0.3, 0.4) is 0 Å². The minimum atomic E-state index is 0.653. The predicted molar refractivity (Wildman–Crippen MR) is 104 cm³/mol. The van der Waals surface area contributed by atoms with Crippen molar-refractivity contribution < 1.29 is 0 Å². The Kier molecular flexibility index (Phi) is 6.12. The molecule has 6 heteroatoms. The fraction of sp³-hybridized carbons (Fsp3) is 0.368. The molecule has 1 aromatic carbocycles. The Morgan fingerprint density at radius 3 is 2.52 bits per heavy atom. The van der Waals surface area contributed by atoms with Gasteiger partial charge in [-0.25, -0.2) is 9.98 Å². The quantitative estimate of drug-likeness (QED) is 0.674. The Balaban J connectivity index is 1.61. The lowest BCUT2D eigenvalue weighted by Gasteiger charge is -2.37. The van der Waals surface area contributed by atoms with Crippen molar-refractivity contribution in [3.63, 3.8) is 0 Å². The number of nitrogens with zero attached hydrogens (tertiary/aromatic N) is 4. The summed E-state index contributed by atoms with van der Waals surface area (Å²) in [4.78, 5) is 13.9. The lowest BCUT2D eigenvalue weighted by molar-refractivity contribution is 0.371. The molecule has 0 aliphatic carbocycles. The summed E-state index contributed by atoms with van der Waals surface area (Å²) in [5.41, 5.74) is 1.16. The first-order valence-electron chi connectivity index (χ1n) is 8.70. The third-order valence-electron chi connectivity index (χ3n) is 4.21. The van der Waals surface area contributed by atoms with E-state index < -0.39 is 0 Å². The average Bonchev–Trinajstić information content (AvgIpc) is 2.67. The molecule has 0 amide bonds. The second kappa shape index (κ2) is 8.72. The summed E-state index contributed by atoms with van der Waals surface area (Å²) in [5, 5.41) is 4.16. The number of rotatable bonds is 4. The second-order valence-corrected chi connectivity index (χ2v) is 6.40. The zero-order valence-electron chi connectivity index (χ0n) is 14.5. The molecule has 1 aliphatic heterocycles. The molecule has 3 rings (SSSR count). The van der Waals surface area contributed by atoms with Crippen molar-refractivity contribution in [1.82, 2.24) is 15.2 Å². The van der Waals surface area contributed by atoms with Crippen molar-refractivity contribution in [3.8, 4) is 0 Å². The van der Waals surface area contributed by atoms with Gasteiger partial charge in [-0.1, -0.05) is 29.8 Å². The number of piperazine rings is 1. The first kappa shape index (κ1) is 17.5. The number of pyridine rings is 1. The third-order valence-corrected chi connectivity index (χ3v) is 4.46. The van der Waals surface area contributed by atoms with Gasteiger partial charge in [0.05, 0.1) is 6.54 Å². The Bertz CT molecular complexity index is 679. The van der Waals surface area contributed by atoms with Gasteiger partial charge in [0.1, 0.15) is 5.82 Å². The van der Waals surface area contributed by atoms with E-state index in [1.165, 1.54) is 0 Å². The summed E-state index contributed by atoms with van der Waals surface area (Å²) in [6.07, 6.45) is 1.85. The average molecular weight is 358 g/mol. The second-order valence-electron chi connectivity index (χ2n) is 5.96. The SMILES string of the molecule is CCNC(=NCc1ccc(Cl)cc1)N1CCN(c2ccccn2)CC1. The van der Waals surface area contributed by atoms with Crippen LogP contribution in [0, 0.1) is 0 Å². The molecule has 0 unspecified atom stereocenters. The van der Waals surface area contributed by atoms with E-state index in [-0.39, 0.29) is 0 Å². The summed E-state index contributed by atoms with van der Waals surface area (Å²) in [7, 11) is 0. The van der Waals surface area contributed by atoms with Gasteiger partial charge in [-0.15, -0.1) is 0 Å². The van der Waals surface area contributed by atoms with Crippen molar-refractivity contribution in [1.29, 1.82) is 0 Å². The molecule has 1 aromatic heterocycles. The van der Waals surface area contributed by atoms with Gasteiger partial charge in [0.2, 0.25) is 0 Å².